The van der Waals surface area contributed by atoms with E-state index >= 15 is 0 Å². The second-order valence-electron chi connectivity index (χ2n) is 4.63. The van der Waals surface area contributed by atoms with Gasteiger partial charge in [0, 0.05) is 13.2 Å². The van der Waals surface area contributed by atoms with Crippen LogP contribution in [0.1, 0.15) is 36.5 Å². The smallest absolute Gasteiger partial charge is 0.122 e. The maximum atomic E-state index is 5.43. The van der Waals surface area contributed by atoms with Crippen molar-refractivity contribution in [2.75, 3.05) is 20.3 Å². The molecular weight excluding hydrogens is 212 g/mol. The summed E-state index contributed by atoms with van der Waals surface area (Å²) in [7, 11) is 1.73. The summed E-state index contributed by atoms with van der Waals surface area (Å²) in [6.45, 7) is 7.96. The van der Waals surface area contributed by atoms with Crippen LogP contribution in [0.15, 0.2) is 12.1 Å². The first-order valence-corrected chi connectivity index (χ1v) is 6.18. The molecule has 0 spiro atoms. The van der Waals surface area contributed by atoms with E-state index in [1.165, 1.54) is 16.7 Å². The third-order valence-electron chi connectivity index (χ3n) is 3.03. The fraction of sp³-hybridized carbons (Fsp3) is 0.571. The molecule has 0 amide bonds. The number of hydrogen-bond acceptors (Lipinski definition) is 3. The van der Waals surface area contributed by atoms with Gasteiger partial charge in [0.2, 0.25) is 0 Å². The van der Waals surface area contributed by atoms with E-state index in [4.69, 9.17) is 10.5 Å². The van der Waals surface area contributed by atoms with Gasteiger partial charge in [-0.15, -0.1) is 0 Å². The third-order valence-corrected chi connectivity index (χ3v) is 3.03. The summed E-state index contributed by atoms with van der Waals surface area (Å²) in [5.41, 5.74) is 9.36. The highest BCUT2D eigenvalue weighted by Crippen LogP contribution is 2.29. The Hall–Kier alpha value is -1.06. The Balaban J connectivity index is 2.94. The van der Waals surface area contributed by atoms with Crippen molar-refractivity contribution < 1.29 is 4.74 Å². The topological polar surface area (TPSA) is 47.3 Å². The monoisotopic (exact) mass is 236 g/mol. The lowest BCUT2D eigenvalue weighted by Gasteiger charge is -2.16. The first-order chi connectivity index (χ1) is 8.10. The maximum absolute atomic E-state index is 5.43. The quantitative estimate of drug-likeness (QED) is 0.588. The lowest BCUT2D eigenvalue weighted by atomic mass is 9.95. The van der Waals surface area contributed by atoms with Gasteiger partial charge in [-0.2, -0.15) is 0 Å². The molecular formula is C14H24N2O. The first-order valence-electron chi connectivity index (χ1n) is 6.18. The fourth-order valence-electron chi connectivity index (χ4n) is 1.97. The van der Waals surface area contributed by atoms with Gasteiger partial charge in [-0.25, -0.2) is 0 Å². The molecule has 0 saturated heterocycles. The molecule has 3 N–H and O–H groups in total. The molecule has 0 atom stereocenters. The predicted molar refractivity (Wildman–Crippen MR) is 72.6 cm³/mol. The number of hydrogen-bond donors (Lipinski definition) is 2. The highest BCUT2D eigenvalue weighted by Gasteiger charge is 2.10. The summed E-state index contributed by atoms with van der Waals surface area (Å²) in [6.07, 6.45) is 1.01. The van der Waals surface area contributed by atoms with Crippen LogP contribution >= 0.6 is 0 Å². The van der Waals surface area contributed by atoms with Crippen LogP contribution in [0, 0.1) is 6.92 Å². The first kappa shape index (κ1) is 14.0. The van der Waals surface area contributed by atoms with Gasteiger partial charge in [0.25, 0.3) is 0 Å². The summed E-state index contributed by atoms with van der Waals surface area (Å²) in [5.74, 6) is 1.47. The number of nitrogens with two attached hydrogens (primary N) is 1. The zero-order chi connectivity index (χ0) is 12.8. The van der Waals surface area contributed by atoms with Gasteiger partial charge in [-0.05, 0) is 42.0 Å². The minimum absolute atomic E-state index is 0.478. The molecule has 1 aromatic carbocycles. The van der Waals surface area contributed by atoms with Crippen molar-refractivity contribution >= 4 is 0 Å². The molecule has 0 heterocycles. The van der Waals surface area contributed by atoms with Crippen LogP contribution in [0.25, 0.3) is 0 Å². The Kier molecular flexibility index (Phi) is 5.45. The van der Waals surface area contributed by atoms with Crippen molar-refractivity contribution in [3.8, 4) is 5.75 Å². The van der Waals surface area contributed by atoms with Crippen LogP contribution < -0.4 is 15.8 Å². The predicted octanol–water partition coefficient (Wildman–Crippen LogP) is 2.18. The molecule has 3 heteroatoms. The van der Waals surface area contributed by atoms with Gasteiger partial charge in [0.05, 0.1) is 7.11 Å². The van der Waals surface area contributed by atoms with Crippen molar-refractivity contribution in [2.24, 2.45) is 5.73 Å². The Morgan fingerprint density at radius 1 is 1.35 bits per heavy atom. The zero-order valence-electron chi connectivity index (χ0n) is 11.3. The highest BCUT2D eigenvalue weighted by molar-refractivity contribution is 5.44. The molecule has 1 rings (SSSR count). The minimum Gasteiger partial charge on any atom is -0.496 e. The van der Waals surface area contributed by atoms with Crippen LogP contribution in [-0.2, 0) is 6.42 Å². The van der Waals surface area contributed by atoms with E-state index in [0.29, 0.717) is 12.6 Å². The van der Waals surface area contributed by atoms with Crippen molar-refractivity contribution in [1.82, 2.24) is 5.32 Å². The van der Waals surface area contributed by atoms with Gasteiger partial charge in [0.1, 0.15) is 5.75 Å². The molecule has 0 saturated carbocycles. The molecule has 3 nitrogen and oxygen atoms in total. The zero-order valence-corrected chi connectivity index (χ0v) is 11.3. The number of benzene rings is 1. The van der Waals surface area contributed by atoms with Crippen molar-refractivity contribution in [1.29, 1.82) is 0 Å². The summed E-state index contributed by atoms with van der Waals surface area (Å²) in [6, 6.07) is 4.39. The fourth-order valence-corrected chi connectivity index (χ4v) is 1.97. The summed E-state index contributed by atoms with van der Waals surface area (Å²) in [4.78, 5) is 0. The Morgan fingerprint density at radius 2 is 2.06 bits per heavy atom. The van der Waals surface area contributed by atoms with E-state index < -0.39 is 0 Å². The SMILES string of the molecule is COc1cc(C)c(CCNCN)cc1C(C)C. The second kappa shape index (κ2) is 6.62. The number of ether oxygens (including phenoxy) is 1. The second-order valence-corrected chi connectivity index (χ2v) is 4.63. The average Bonchev–Trinajstić information content (AvgIpc) is 2.30. The van der Waals surface area contributed by atoms with Gasteiger partial charge in [-0.1, -0.05) is 19.9 Å². The van der Waals surface area contributed by atoms with Crippen molar-refractivity contribution in [3.05, 3.63) is 28.8 Å². The van der Waals surface area contributed by atoms with Crippen LogP contribution in [0.2, 0.25) is 0 Å². The Labute approximate surface area is 104 Å². The van der Waals surface area contributed by atoms with E-state index in [2.05, 4.69) is 38.2 Å². The van der Waals surface area contributed by atoms with Crippen LogP contribution in [0.4, 0.5) is 0 Å². The third kappa shape index (κ3) is 3.72. The summed E-state index contributed by atoms with van der Waals surface area (Å²) < 4.78 is 5.43. The Morgan fingerprint density at radius 3 is 2.59 bits per heavy atom. The molecule has 0 aliphatic heterocycles. The molecule has 17 heavy (non-hydrogen) atoms. The Bertz CT molecular complexity index is 361. The largest absolute Gasteiger partial charge is 0.496 e. The van der Waals surface area contributed by atoms with Crippen molar-refractivity contribution in [3.63, 3.8) is 0 Å². The highest BCUT2D eigenvalue weighted by atomic mass is 16.5. The number of rotatable bonds is 6. The average molecular weight is 236 g/mol. The minimum atomic E-state index is 0.478. The molecule has 0 aliphatic carbocycles. The van der Waals surface area contributed by atoms with Crippen LogP contribution in [0.3, 0.4) is 0 Å². The van der Waals surface area contributed by atoms with E-state index in [1.54, 1.807) is 7.11 Å². The number of methoxy groups -OCH3 is 1. The van der Waals surface area contributed by atoms with Crippen molar-refractivity contribution in [2.45, 2.75) is 33.1 Å². The molecule has 0 bridgehead atoms. The lowest BCUT2D eigenvalue weighted by Crippen LogP contribution is -2.24. The van der Waals surface area contributed by atoms with Gasteiger partial charge in [-0.3, -0.25) is 0 Å². The molecule has 0 aromatic heterocycles. The molecule has 96 valence electrons. The van der Waals surface area contributed by atoms with Crippen LogP contribution in [-0.4, -0.2) is 20.3 Å². The van der Waals surface area contributed by atoms with Crippen LogP contribution in [0.5, 0.6) is 5.75 Å². The number of nitrogens with one attached hydrogen (secondary N) is 1. The normalized spacial score (nSPS) is 10.9. The van der Waals surface area contributed by atoms with Gasteiger partial charge < -0.3 is 15.8 Å². The van der Waals surface area contributed by atoms with Gasteiger partial charge in [0.15, 0.2) is 0 Å². The van der Waals surface area contributed by atoms with Gasteiger partial charge >= 0.3 is 0 Å². The van der Waals surface area contributed by atoms with E-state index in [9.17, 15) is 0 Å². The van der Waals surface area contributed by atoms with E-state index in [1.807, 2.05) is 0 Å². The standard InChI is InChI=1S/C14H24N2O/c1-10(2)13-8-12(5-6-16-9-15)11(3)7-14(13)17-4/h7-8,10,16H,5-6,9,15H2,1-4H3. The summed E-state index contributed by atoms with van der Waals surface area (Å²) in [5, 5.41) is 3.15. The molecule has 0 radical (unpaired) electrons. The summed E-state index contributed by atoms with van der Waals surface area (Å²) >= 11 is 0. The lowest BCUT2D eigenvalue weighted by molar-refractivity contribution is 0.407. The molecule has 1 aromatic rings. The maximum Gasteiger partial charge on any atom is 0.122 e. The molecule has 0 unspecified atom stereocenters. The van der Waals surface area contributed by atoms with E-state index in [-0.39, 0.29) is 0 Å². The molecule has 0 aliphatic rings. The van der Waals surface area contributed by atoms with E-state index in [0.717, 1.165) is 18.7 Å². The molecule has 0 fully saturated rings. The number of aryl methyl sites for hydroxylation is 1.